The minimum Gasteiger partial charge on any atom is -0.483 e. The molecule has 1 N–H and O–H groups in total. The Bertz CT molecular complexity index is 612. The van der Waals surface area contributed by atoms with Crippen molar-refractivity contribution in [3.63, 3.8) is 0 Å². The van der Waals surface area contributed by atoms with Crippen LogP contribution in [-0.4, -0.2) is 23.3 Å². The maximum Gasteiger partial charge on any atom is 0.263 e. The molecule has 1 amide bonds. The van der Waals surface area contributed by atoms with Crippen LogP contribution >= 0.6 is 0 Å². The van der Waals surface area contributed by atoms with Gasteiger partial charge in [0.1, 0.15) is 11.6 Å². The van der Waals surface area contributed by atoms with Crippen LogP contribution in [0.3, 0.4) is 0 Å². The van der Waals surface area contributed by atoms with Crippen LogP contribution in [0.4, 0.5) is 5.82 Å². The lowest BCUT2D eigenvalue weighted by atomic mass is 10.1. The van der Waals surface area contributed by atoms with Gasteiger partial charge < -0.3 is 10.1 Å². The van der Waals surface area contributed by atoms with Crippen molar-refractivity contribution < 1.29 is 14.3 Å². The molecule has 5 heteroatoms. The molecular weight excluding hydrogens is 256 g/mol. The first-order valence-corrected chi connectivity index (χ1v) is 6.10. The highest BCUT2D eigenvalue weighted by Crippen LogP contribution is 2.18. The van der Waals surface area contributed by atoms with Crippen LogP contribution in [-0.2, 0) is 4.79 Å². The number of ether oxygens (including phenoxy) is 1. The van der Waals surface area contributed by atoms with Crippen LogP contribution in [0.1, 0.15) is 17.3 Å². The van der Waals surface area contributed by atoms with Gasteiger partial charge in [0, 0.05) is 6.20 Å². The zero-order valence-electron chi connectivity index (χ0n) is 11.0. The van der Waals surface area contributed by atoms with Crippen molar-refractivity contribution in [3.05, 3.63) is 54.2 Å². The number of Topliss-reactive ketones (excluding diaryl/α,β-unsaturated/α-hetero) is 1. The van der Waals surface area contributed by atoms with Gasteiger partial charge in [-0.2, -0.15) is 0 Å². The molecule has 0 bridgehead atoms. The molecule has 102 valence electrons. The summed E-state index contributed by atoms with van der Waals surface area (Å²) in [6, 6.07) is 12.0. The molecule has 0 aliphatic heterocycles. The fourth-order valence-corrected chi connectivity index (χ4v) is 1.64. The van der Waals surface area contributed by atoms with Gasteiger partial charge in [-0.05, 0) is 31.2 Å². The number of para-hydroxylation sites is 1. The number of anilines is 1. The Balaban J connectivity index is 1.96. The van der Waals surface area contributed by atoms with E-state index < -0.39 is 0 Å². The Morgan fingerprint density at radius 3 is 2.60 bits per heavy atom. The summed E-state index contributed by atoms with van der Waals surface area (Å²) in [4.78, 5) is 27.1. The number of carbonyl (C=O) groups is 2. The zero-order valence-corrected chi connectivity index (χ0v) is 11.0. The van der Waals surface area contributed by atoms with Crippen LogP contribution < -0.4 is 10.1 Å². The van der Waals surface area contributed by atoms with E-state index in [4.69, 9.17) is 4.74 Å². The Labute approximate surface area is 116 Å². The first-order chi connectivity index (χ1) is 9.66. The minimum absolute atomic E-state index is 0.106. The number of hydrogen-bond donors (Lipinski definition) is 1. The highest BCUT2D eigenvalue weighted by molar-refractivity contribution is 5.97. The standard InChI is InChI=1S/C15H14N2O3/c1-11(18)12-6-2-3-7-13(12)20-10-15(19)17-14-8-4-5-9-16-14/h2-9H,10H2,1H3,(H,16,17,19). The van der Waals surface area contributed by atoms with E-state index in [1.807, 2.05) is 0 Å². The molecule has 0 saturated heterocycles. The number of nitrogens with one attached hydrogen (secondary N) is 1. The van der Waals surface area contributed by atoms with E-state index in [1.165, 1.54) is 6.92 Å². The summed E-state index contributed by atoms with van der Waals surface area (Å²) in [6.45, 7) is 1.27. The molecular formula is C15H14N2O3. The lowest BCUT2D eigenvalue weighted by Crippen LogP contribution is -2.21. The first-order valence-electron chi connectivity index (χ1n) is 6.10. The Morgan fingerprint density at radius 2 is 1.90 bits per heavy atom. The van der Waals surface area contributed by atoms with Gasteiger partial charge in [-0.1, -0.05) is 18.2 Å². The molecule has 0 atom stereocenters. The average Bonchev–Trinajstić information content (AvgIpc) is 2.46. The SMILES string of the molecule is CC(=O)c1ccccc1OCC(=O)Nc1ccccn1. The van der Waals surface area contributed by atoms with Gasteiger partial charge in [0.2, 0.25) is 0 Å². The lowest BCUT2D eigenvalue weighted by molar-refractivity contribution is -0.118. The van der Waals surface area contributed by atoms with E-state index in [0.29, 0.717) is 17.1 Å². The quantitative estimate of drug-likeness (QED) is 0.846. The number of carbonyl (C=O) groups excluding carboxylic acids is 2. The molecule has 5 nitrogen and oxygen atoms in total. The highest BCUT2D eigenvalue weighted by Gasteiger charge is 2.09. The van der Waals surface area contributed by atoms with E-state index in [-0.39, 0.29) is 18.3 Å². The van der Waals surface area contributed by atoms with Gasteiger partial charge in [-0.3, -0.25) is 9.59 Å². The molecule has 0 spiro atoms. The number of nitrogens with zero attached hydrogens (tertiary/aromatic N) is 1. The number of ketones is 1. The molecule has 2 aromatic rings. The minimum atomic E-state index is -0.331. The maximum atomic E-state index is 11.7. The number of pyridine rings is 1. The van der Waals surface area contributed by atoms with Crippen LogP contribution in [0.5, 0.6) is 5.75 Å². The van der Waals surface area contributed by atoms with Crippen molar-refractivity contribution >= 4 is 17.5 Å². The molecule has 0 fully saturated rings. The first kappa shape index (κ1) is 13.7. The molecule has 0 aliphatic carbocycles. The molecule has 0 unspecified atom stereocenters. The Hall–Kier alpha value is -2.69. The predicted octanol–water partition coefficient (Wildman–Crippen LogP) is 2.30. The van der Waals surface area contributed by atoms with Crippen molar-refractivity contribution in [1.82, 2.24) is 4.98 Å². The average molecular weight is 270 g/mol. The molecule has 20 heavy (non-hydrogen) atoms. The van der Waals surface area contributed by atoms with Gasteiger partial charge in [0.15, 0.2) is 12.4 Å². The second kappa shape index (κ2) is 6.47. The smallest absolute Gasteiger partial charge is 0.263 e. The molecule has 0 saturated carbocycles. The Morgan fingerprint density at radius 1 is 1.15 bits per heavy atom. The number of hydrogen-bond acceptors (Lipinski definition) is 4. The van der Waals surface area contributed by atoms with Crippen LogP contribution in [0.15, 0.2) is 48.7 Å². The van der Waals surface area contributed by atoms with E-state index in [9.17, 15) is 9.59 Å². The van der Waals surface area contributed by atoms with Gasteiger partial charge in [-0.15, -0.1) is 0 Å². The topological polar surface area (TPSA) is 68.3 Å². The number of amides is 1. The second-order valence-electron chi connectivity index (χ2n) is 4.10. The summed E-state index contributed by atoms with van der Waals surface area (Å²) in [5.41, 5.74) is 0.457. The summed E-state index contributed by atoms with van der Waals surface area (Å²) < 4.78 is 5.37. The van der Waals surface area contributed by atoms with E-state index in [2.05, 4.69) is 10.3 Å². The van der Waals surface area contributed by atoms with Crippen molar-refractivity contribution in [2.45, 2.75) is 6.92 Å². The molecule has 1 aromatic carbocycles. The molecule has 1 aromatic heterocycles. The molecule has 0 radical (unpaired) electrons. The van der Waals surface area contributed by atoms with Crippen molar-refractivity contribution in [2.75, 3.05) is 11.9 Å². The third-order valence-electron chi connectivity index (χ3n) is 2.56. The number of rotatable bonds is 5. The van der Waals surface area contributed by atoms with E-state index >= 15 is 0 Å². The lowest BCUT2D eigenvalue weighted by Gasteiger charge is -2.09. The summed E-state index contributed by atoms with van der Waals surface area (Å²) in [7, 11) is 0. The monoisotopic (exact) mass is 270 g/mol. The van der Waals surface area contributed by atoms with E-state index in [0.717, 1.165) is 0 Å². The fraction of sp³-hybridized carbons (Fsp3) is 0.133. The maximum absolute atomic E-state index is 11.7. The van der Waals surface area contributed by atoms with Gasteiger partial charge in [-0.25, -0.2) is 4.98 Å². The largest absolute Gasteiger partial charge is 0.483 e. The third kappa shape index (κ3) is 3.65. The predicted molar refractivity (Wildman–Crippen MR) is 74.8 cm³/mol. The van der Waals surface area contributed by atoms with Crippen LogP contribution in [0, 0.1) is 0 Å². The highest BCUT2D eigenvalue weighted by atomic mass is 16.5. The van der Waals surface area contributed by atoms with Crippen molar-refractivity contribution in [2.24, 2.45) is 0 Å². The summed E-state index contributed by atoms with van der Waals surface area (Å²) in [5, 5.41) is 2.60. The number of benzene rings is 1. The summed E-state index contributed by atoms with van der Waals surface area (Å²) in [5.74, 6) is 0.421. The zero-order chi connectivity index (χ0) is 14.4. The fourth-order valence-electron chi connectivity index (χ4n) is 1.64. The van der Waals surface area contributed by atoms with Crippen LogP contribution in [0.25, 0.3) is 0 Å². The van der Waals surface area contributed by atoms with Crippen molar-refractivity contribution in [1.29, 1.82) is 0 Å². The summed E-state index contributed by atoms with van der Waals surface area (Å²) in [6.07, 6.45) is 1.58. The van der Waals surface area contributed by atoms with Crippen molar-refractivity contribution in [3.8, 4) is 5.75 Å². The normalized spacial score (nSPS) is 9.85. The molecule has 0 aliphatic rings. The molecule has 2 rings (SSSR count). The Kier molecular flexibility index (Phi) is 4.44. The van der Waals surface area contributed by atoms with E-state index in [1.54, 1.807) is 48.7 Å². The van der Waals surface area contributed by atoms with Crippen LogP contribution in [0.2, 0.25) is 0 Å². The summed E-state index contributed by atoms with van der Waals surface area (Å²) >= 11 is 0. The third-order valence-corrected chi connectivity index (χ3v) is 2.56. The van der Waals surface area contributed by atoms with Gasteiger partial charge >= 0.3 is 0 Å². The second-order valence-corrected chi connectivity index (χ2v) is 4.10. The molecule has 1 heterocycles. The number of aromatic nitrogens is 1. The van der Waals surface area contributed by atoms with Gasteiger partial charge in [0.25, 0.3) is 5.91 Å². The van der Waals surface area contributed by atoms with Gasteiger partial charge in [0.05, 0.1) is 5.56 Å².